The molecule has 30 heavy (non-hydrogen) atoms. The highest BCUT2D eigenvalue weighted by molar-refractivity contribution is 7.03. The maximum absolute atomic E-state index is 13.5. The van der Waals surface area contributed by atoms with Gasteiger partial charge in [0, 0.05) is 29.4 Å². The second-order valence-corrected chi connectivity index (χ2v) is 8.11. The van der Waals surface area contributed by atoms with E-state index < -0.39 is 11.9 Å². The molecule has 9 heteroatoms. The van der Waals surface area contributed by atoms with Crippen LogP contribution in [0.1, 0.15) is 47.8 Å². The summed E-state index contributed by atoms with van der Waals surface area (Å²) in [5, 5.41) is 8.94. The maximum Gasteiger partial charge on any atom is 0.280 e. The van der Waals surface area contributed by atoms with Crippen molar-refractivity contribution < 1.29 is 9.59 Å². The first-order valence-electron chi connectivity index (χ1n) is 9.70. The van der Waals surface area contributed by atoms with Crippen LogP contribution in [0.2, 0.25) is 5.02 Å². The van der Waals surface area contributed by atoms with Gasteiger partial charge in [0.1, 0.15) is 6.04 Å². The lowest BCUT2D eigenvalue weighted by atomic mass is 10.0. The van der Waals surface area contributed by atoms with Gasteiger partial charge in [-0.3, -0.25) is 19.5 Å². The van der Waals surface area contributed by atoms with Gasteiger partial charge in [-0.2, -0.15) is 0 Å². The van der Waals surface area contributed by atoms with E-state index in [1.54, 1.807) is 54.2 Å². The molecule has 1 aliphatic carbocycles. The van der Waals surface area contributed by atoms with Crippen LogP contribution in [0, 0.1) is 0 Å². The van der Waals surface area contributed by atoms with Gasteiger partial charge < -0.3 is 5.32 Å². The molecule has 1 fully saturated rings. The Hall–Kier alpha value is -2.84. The Labute approximate surface area is 183 Å². The molecule has 1 saturated carbocycles. The largest absolute Gasteiger partial charge is 0.351 e. The zero-order valence-electron chi connectivity index (χ0n) is 16.1. The average Bonchev–Trinajstić information content (AvgIpc) is 3.47. The number of para-hydroxylation sites is 1. The molecule has 1 N–H and O–H groups in total. The molecule has 0 radical (unpaired) electrons. The van der Waals surface area contributed by atoms with E-state index in [1.807, 2.05) is 0 Å². The van der Waals surface area contributed by atoms with Crippen molar-refractivity contribution in [3.05, 3.63) is 70.5 Å². The molecule has 2 heterocycles. The standard InChI is InChI=1S/C21H20ClN5O2S/c22-16-9-3-4-10-18(16)27(21(29)17-13-30-26-25-17)19(14-6-5-11-23-12-14)20(28)24-15-7-1-2-8-15/h3-6,9-13,15,19H,1-2,7-8H2,(H,24,28)/t19-/m0/s1. The van der Waals surface area contributed by atoms with Crippen LogP contribution < -0.4 is 10.2 Å². The van der Waals surface area contributed by atoms with Gasteiger partial charge in [0.05, 0.1) is 10.7 Å². The van der Waals surface area contributed by atoms with E-state index in [2.05, 4.69) is 19.9 Å². The first kappa shape index (κ1) is 20.4. The van der Waals surface area contributed by atoms with Gasteiger partial charge in [0.25, 0.3) is 5.91 Å². The number of hydrogen-bond donors (Lipinski definition) is 1. The van der Waals surface area contributed by atoms with Crippen molar-refractivity contribution in [2.24, 2.45) is 0 Å². The number of hydrogen-bond acceptors (Lipinski definition) is 6. The third-order valence-corrected chi connectivity index (χ3v) is 5.94. The molecule has 1 atom stereocenters. The number of halogens is 1. The molecule has 3 aromatic rings. The van der Waals surface area contributed by atoms with Crippen molar-refractivity contribution >= 4 is 40.6 Å². The van der Waals surface area contributed by atoms with E-state index in [0.29, 0.717) is 16.3 Å². The molecule has 7 nitrogen and oxygen atoms in total. The quantitative estimate of drug-likeness (QED) is 0.623. The normalized spacial score (nSPS) is 15.0. The van der Waals surface area contributed by atoms with E-state index >= 15 is 0 Å². The van der Waals surface area contributed by atoms with Gasteiger partial charge in [0.2, 0.25) is 5.91 Å². The third-order valence-electron chi connectivity index (χ3n) is 5.12. The highest BCUT2D eigenvalue weighted by atomic mass is 35.5. The Bertz CT molecular complexity index is 1010. The summed E-state index contributed by atoms with van der Waals surface area (Å²) in [5.74, 6) is -0.723. The molecule has 0 unspecified atom stereocenters. The second kappa shape index (κ2) is 9.32. The van der Waals surface area contributed by atoms with Crippen LogP contribution in [0.15, 0.2) is 54.2 Å². The maximum atomic E-state index is 13.5. The summed E-state index contributed by atoms with van der Waals surface area (Å²) in [5.41, 5.74) is 1.17. The number of carbonyl (C=O) groups excluding carboxylic acids is 2. The Morgan fingerprint density at radius 2 is 1.97 bits per heavy atom. The molecular weight excluding hydrogens is 422 g/mol. The van der Waals surface area contributed by atoms with E-state index in [1.165, 1.54) is 4.90 Å². The number of anilines is 1. The van der Waals surface area contributed by atoms with Gasteiger partial charge in [0.15, 0.2) is 5.69 Å². The van der Waals surface area contributed by atoms with Crippen LogP contribution >= 0.6 is 23.1 Å². The number of benzene rings is 1. The third kappa shape index (κ3) is 4.34. The summed E-state index contributed by atoms with van der Waals surface area (Å²) in [7, 11) is 0. The van der Waals surface area contributed by atoms with Crippen molar-refractivity contribution in [3.8, 4) is 0 Å². The second-order valence-electron chi connectivity index (χ2n) is 7.10. The lowest BCUT2D eigenvalue weighted by molar-refractivity contribution is -0.123. The van der Waals surface area contributed by atoms with Crippen LogP contribution in [0.3, 0.4) is 0 Å². The first-order valence-corrected chi connectivity index (χ1v) is 10.9. The Kier molecular flexibility index (Phi) is 6.35. The minimum atomic E-state index is -0.951. The SMILES string of the molecule is O=C(NC1CCCC1)[C@H](c1cccnc1)N(C(=O)c1csnn1)c1ccccc1Cl. The van der Waals surface area contributed by atoms with E-state index in [4.69, 9.17) is 11.6 Å². The topological polar surface area (TPSA) is 88.1 Å². The number of carbonyl (C=O) groups is 2. The van der Waals surface area contributed by atoms with Crippen LogP contribution in [0.5, 0.6) is 0 Å². The summed E-state index contributed by atoms with van der Waals surface area (Å²) in [4.78, 5) is 32.5. The van der Waals surface area contributed by atoms with Gasteiger partial charge in [-0.25, -0.2) is 0 Å². The van der Waals surface area contributed by atoms with Crippen molar-refractivity contribution in [1.82, 2.24) is 19.9 Å². The average molecular weight is 442 g/mol. The Morgan fingerprint density at radius 1 is 1.17 bits per heavy atom. The fourth-order valence-corrected chi connectivity index (χ4v) is 4.36. The smallest absolute Gasteiger partial charge is 0.280 e. The summed E-state index contributed by atoms with van der Waals surface area (Å²) >= 11 is 7.53. The number of pyridine rings is 1. The molecular formula is C21H20ClN5O2S. The molecule has 1 aliphatic rings. The van der Waals surface area contributed by atoms with Crippen molar-refractivity contribution in [2.75, 3.05) is 4.90 Å². The van der Waals surface area contributed by atoms with Crippen molar-refractivity contribution in [3.63, 3.8) is 0 Å². The number of rotatable bonds is 6. The summed E-state index contributed by atoms with van der Waals surface area (Å²) in [6.07, 6.45) is 7.25. The summed E-state index contributed by atoms with van der Waals surface area (Å²) < 4.78 is 3.80. The predicted octanol–water partition coefficient (Wildman–Crippen LogP) is 4.03. The molecule has 0 bridgehead atoms. The zero-order valence-corrected chi connectivity index (χ0v) is 17.6. The zero-order chi connectivity index (χ0) is 20.9. The number of amides is 2. The molecule has 0 saturated heterocycles. The highest BCUT2D eigenvalue weighted by Gasteiger charge is 2.36. The molecule has 2 amide bonds. The lowest BCUT2D eigenvalue weighted by Crippen LogP contribution is -2.46. The van der Waals surface area contributed by atoms with Crippen LogP contribution in [-0.4, -0.2) is 32.4 Å². The molecule has 4 rings (SSSR count). The van der Waals surface area contributed by atoms with E-state index in [9.17, 15) is 9.59 Å². The molecule has 154 valence electrons. The van der Waals surface area contributed by atoms with Crippen molar-refractivity contribution in [2.45, 2.75) is 37.8 Å². The molecule has 0 aliphatic heterocycles. The Morgan fingerprint density at radius 3 is 2.63 bits per heavy atom. The fraction of sp³-hybridized carbons (Fsp3) is 0.286. The summed E-state index contributed by atoms with van der Waals surface area (Å²) in [6.45, 7) is 0. The summed E-state index contributed by atoms with van der Waals surface area (Å²) in [6, 6.07) is 9.62. The van der Waals surface area contributed by atoms with Gasteiger partial charge in [-0.1, -0.05) is 47.1 Å². The van der Waals surface area contributed by atoms with Gasteiger partial charge in [-0.05, 0) is 42.6 Å². The molecule has 0 spiro atoms. The fourth-order valence-electron chi connectivity index (χ4n) is 3.70. The minimum absolute atomic E-state index is 0.0980. The van der Waals surface area contributed by atoms with Crippen LogP contribution in [0.25, 0.3) is 0 Å². The van der Waals surface area contributed by atoms with Gasteiger partial charge >= 0.3 is 0 Å². The predicted molar refractivity (Wildman–Crippen MR) is 116 cm³/mol. The lowest BCUT2D eigenvalue weighted by Gasteiger charge is -2.32. The monoisotopic (exact) mass is 441 g/mol. The number of nitrogens with zero attached hydrogens (tertiary/aromatic N) is 4. The Balaban J connectivity index is 1.80. The minimum Gasteiger partial charge on any atom is -0.351 e. The number of nitrogens with one attached hydrogen (secondary N) is 1. The van der Waals surface area contributed by atoms with E-state index in [0.717, 1.165) is 37.2 Å². The van der Waals surface area contributed by atoms with Gasteiger partial charge in [-0.15, -0.1) is 5.10 Å². The van der Waals surface area contributed by atoms with E-state index in [-0.39, 0.29) is 17.6 Å². The van der Waals surface area contributed by atoms with Crippen LogP contribution in [0.4, 0.5) is 5.69 Å². The molecule has 1 aromatic carbocycles. The first-order chi connectivity index (χ1) is 14.6. The number of aromatic nitrogens is 3. The highest BCUT2D eigenvalue weighted by Crippen LogP contribution is 2.34. The van der Waals surface area contributed by atoms with Crippen molar-refractivity contribution in [1.29, 1.82) is 0 Å². The van der Waals surface area contributed by atoms with Crippen LogP contribution in [-0.2, 0) is 4.79 Å². The molecule has 2 aromatic heterocycles.